The van der Waals surface area contributed by atoms with Crippen molar-refractivity contribution in [3.05, 3.63) is 42.1 Å². The molecular weight excluding hydrogens is 202 g/mol. The molecule has 2 rings (SSSR count). The highest BCUT2D eigenvalue weighted by Crippen LogP contribution is 2.24. The van der Waals surface area contributed by atoms with Crippen LogP contribution in [0.2, 0.25) is 0 Å². The minimum Gasteiger partial charge on any atom is -0.436 e. The fraction of sp³-hybridized carbons (Fsp3) is 0.100. The maximum Gasteiger partial charge on any atom is 0.218 e. The Labute approximate surface area is 84.9 Å². The Hall–Kier alpha value is -1.91. The number of benzene rings is 1. The van der Waals surface area contributed by atoms with Gasteiger partial charge in [-0.25, -0.2) is 9.07 Å². The molecule has 0 bridgehead atoms. The number of halogens is 2. The molecule has 5 heteroatoms. The third-order valence-electron chi connectivity index (χ3n) is 1.85. The van der Waals surface area contributed by atoms with E-state index in [4.69, 9.17) is 4.74 Å². The number of aryl methyl sites for hydroxylation is 1. The number of nitrogens with zero attached hydrogens (tertiary/aromatic N) is 2. The molecule has 0 spiro atoms. The molecule has 3 nitrogen and oxygen atoms in total. The molecular formula is C10H7F2N2O. The van der Waals surface area contributed by atoms with Crippen molar-refractivity contribution >= 4 is 0 Å². The standard InChI is InChI=1S/C10H7F2N2O/c1-14-9(5-6-13-14)15-8-4-2-3-7(11)10(8)12/h2-5H,1H3. The van der Waals surface area contributed by atoms with Gasteiger partial charge in [-0.2, -0.15) is 9.49 Å². The van der Waals surface area contributed by atoms with E-state index in [2.05, 4.69) is 11.3 Å². The molecule has 0 atom stereocenters. The number of rotatable bonds is 2. The van der Waals surface area contributed by atoms with Gasteiger partial charge in [-0.3, -0.25) is 0 Å². The molecule has 0 aliphatic heterocycles. The maximum absolute atomic E-state index is 13.2. The molecule has 2 aromatic rings. The second kappa shape index (κ2) is 3.68. The molecule has 0 saturated heterocycles. The van der Waals surface area contributed by atoms with E-state index in [1.165, 1.54) is 22.9 Å². The van der Waals surface area contributed by atoms with Crippen molar-refractivity contribution in [3.8, 4) is 11.6 Å². The topological polar surface area (TPSA) is 27.1 Å². The van der Waals surface area contributed by atoms with Crippen molar-refractivity contribution < 1.29 is 13.5 Å². The number of ether oxygens (including phenoxy) is 1. The number of hydrogen-bond acceptors (Lipinski definition) is 2. The maximum atomic E-state index is 13.2. The Morgan fingerprint density at radius 2 is 2.20 bits per heavy atom. The van der Waals surface area contributed by atoms with Gasteiger partial charge in [-0.05, 0) is 12.1 Å². The van der Waals surface area contributed by atoms with Crippen LogP contribution < -0.4 is 4.74 Å². The summed E-state index contributed by atoms with van der Waals surface area (Å²) >= 11 is 0. The van der Waals surface area contributed by atoms with Crippen LogP contribution in [-0.4, -0.2) is 9.78 Å². The average molecular weight is 209 g/mol. The van der Waals surface area contributed by atoms with E-state index in [-0.39, 0.29) is 5.75 Å². The Balaban J connectivity index is 2.33. The van der Waals surface area contributed by atoms with Crippen molar-refractivity contribution in [2.45, 2.75) is 0 Å². The zero-order valence-corrected chi connectivity index (χ0v) is 7.87. The van der Waals surface area contributed by atoms with Crippen LogP contribution in [0, 0.1) is 17.8 Å². The normalized spacial score (nSPS) is 10.3. The van der Waals surface area contributed by atoms with Crippen molar-refractivity contribution in [2.24, 2.45) is 7.05 Å². The zero-order chi connectivity index (χ0) is 10.8. The molecule has 0 N–H and O–H groups in total. The van der Waals surface area contributed by atoms with Gasteiger partial charge in [-0.15, -0.1) is 0 Å². The molecule has 1 heterocycles. The van der Waals surface area contributed by atoms with Gasteiger partial charge in [0.05, 0.1) is 0 Å². The van der Waals surface area contributed by atoms with E-state index >= 15 is 0 Å². The van der Waals surface area contributed by atoms with E-state index in [1.807, 2.05) is 0 Å². The van der Waals surface area contributed by atoms with Crippen molar-refractivity contribution in [2.75, 3.05) is 0 Å². The highest BCUT2D eigenvalue weighted by Gasteiger charge is 2.10. The molecule has 77 valence electrons. The van der Waals surface area contributed by atoms with Gasteiger partial charge in [0, 0.05) is 13.1 Å². The van der Waals surface area contributed by atoms with E-state index in [0.717, 1.165) is 6.07 Å². The minimum absolute atomic E-state index is 0.174. The van der Waals surface area contributed by atoms with Crippen LogP contribution in [0.3, 0.4) is 0 Å². The molecule has 1 aromatic carbocycles. The van der Waals surface area contributed by atoms with Gasteiger partial charge in [0.15, 0.2) is 11.6 Å². The van der Waals surface area contributed by atoms with Crippen LogP contribution in [0.25, 0.3) is 0 Å². The number of hydrogen-bond donors (Lipinski definition) is 0. The first-order valence-electron chi connectivity index (χ1n) is 4.20. The molecule has 0 fully saturated rings. The molecule has 0 unspecified atom stereocenters. The van der Waals surface area contributed by atoms with Gasteiger partial charge >= 0.3 is 0 Å². The van der Waals surface area contributed by atoms with Crippen molar-refractivity contribution in [1.82, 2.24) is 9.78 Å². The van der Waals surface area contributed by atoms with E-state index in [0.29, 0.717) is 5.88 Å². The van der Waals surface area contributed by atoms with Crippen LogP contribution in [0.5, 0.6) is 11.6 Å². The monoisotopic (exact) mass is 209 g/mol. The lowest BCUT2D eigenvalue weighted by Gasteiger charge is -2.06. The Morgan fingerprint density at radius 3 is 2.87 bits per heavy atom. The third kappa shape index (κ3) is 1.81. The largest absolute Gasteiger partial charge is 0.436 e. The summed E-state index contributed by atoms with van der Waals surface area (Å²) in [4.78, 5) is 0. The van der Waals surface area contributed by atoms with Crippen LogP contribution >= 0.6 is 0 Å². The number of aromatic nitrogens is 2. The Kier molecular flexibility index (Phi) is 2.37. The van der Waals surface area contributed by atoms with Gasteiger partial charge in [0.1, 0.15) is 6.20 Å². The molecule has 0 saturated carbocycles. The SMILES string of the molecule is Cn1n[c]cc1Oc1cccc(F)c1F. The first-order valence-corrected chi connectivity index (χ1v) is 4.20. The van der Waals surface area contributed by atoms with Crippen LogP contribution in [0.1, 0.15) is 0 Å². The Morgan fingerprint density at radius 1 is 1.40 bits per heavy atom. The molecule has 1 radical (unpaired) electrons. The van der Waals surface area contributed by atoms with Gasteiger partial charge in [0.25, 0.3) is 0 Å². The minimum atomic E-state index is -1.02. The summed E-state index contributed by atoms with van der Waals surface area (Å²) in [7, 11) is 1.61. The highest BCUT2D eigenvalue weighted by atomic mass is 19.2. The Bertz CT molecular complexity index is 482. The van der Waals surface area contributed by atoms with Crippen LogP contribution in [0.15, 0.2) is 24.3 Å². The van der Waals surface area contributed by atoms with Crippen molar-refractivity contribution in [3.63, 3.8) is 0 Å². The second-order valence-electron chi connectivity index (χ2n) is 2.89. The second-order valence-corrected chi connectivity index (χ2v) is 2.89. The van der Waals surface area contributed by atoms with Gasteiger partial charge < -0.3 is 4.74 Å². The van der Waals surface area contributed by atoms with E-state index in [9.17, 15) is 8.78 Å². The summed E-state index contributed by atoms with van der Waals surface area (Å²) in [5, 5.41) is 3.72. The summed E-state index contributed by atoms with van der Waals surface area (Å²) in [6, 6.07) is 5.17. The predicted octanol–water partition coefficient (Wildman–Crippen LogP) is 2.29. The summed E-state index contributed by atoms with van der Waals surface area (Å²) in [5.74, 6) is -1.84. The first-order chi connectivity index (χ1) is 7.18. The predicted molar refractivity (Wildman–Crippen MR) is 48.5 cm³/mol. The van der Waals surface area contributed by atoms with Gasteiger partial charge in [0.2, 0.25) is 11.7 Å². The fourth-order valence-corrected chi connectivity index (χ4v) is 1.08. The van der Waals surface area contributed by atoms with Crippen LogP contribution in [0.4, 0.5) is 8.78 Å². The van der Waals surface area contributed by atoms with E-state index < -0.39 is 11.6 Å². The molecule has 15 heavy (non-hydrogen) atoms. The summed E-state index contributed by atoms with van der Waals surface area (Å²) < 4.78 is 32.5. The quantitative estimate of drug-likeness (QED) is 0.758. The molecule has 0 amide bonds. The average Bonchev–Trinajstić information content (AvgIpc) is 2.60. The molecule has 1 aromatic heterocycles. The lowest BCUT2D eigenvalue weighted by atomic mass is 10.3. The fourth-order valence-electron chi connectivity index (χ4n) is 1.08. The van der Waals surface area contributed by atoms with Gasteiger partial charge in [-0.1, -0.05) is 6.07 Å². The third-order valence-corrected chi connectivity index (χ3v) is 1.85. The van der Waals surface area contributed by atoms with Crippen molar-refractivity contribution in [1.29, 1.82) is 0 Å². The zero-order valence-electron chi connectivity index (χ0n) is 7.87. The smallest absolute Gasteiger partial charge is 0.218 e. The van der Waals surface area contributed by atoms with Crippen LogP contribution in [-0.2, 0) is 7.05 Å². The summed E-state index contributed by atoms with van der Waals surface area (Å²) in [6.45, 7) is 0. The summed E-state index contributed by atoms with van der Waals surface area (Å²) in [6.07, 6.45) is 2.52. The first kappa shape index (κ1) is 9.64. The van der Waals surface area contributed by atoms with E-state index in [1.54, 1.807) is 7.05 Å². The highest BCUT2D eigenvalue weighted by molar-refractivity contribution is 5.28. The lowest BCUT2D eigenvalue weighted by Crippen LogP contribution is -1.97. The molecule has 0 aliphatic rings. The summed E-state index contributed by atoms with van der Waals surface area (Å²) in [5.41, 5.74) is 0. The molecule has 0 aliphatic carbocycles. The lowest BCUT2D eigenvalue weighted by molar-refractivity contribution is 0.388.